The van der Waals surface area contributed by atoms with Crippen molar-refractivity contribution in [3.05, 3.63) is 0 Å². The molecule has 106 valence electrons. The first kappa shape index (κ1) is 15.7. The number of hydrogen-bond donors (Lipinski definition) is 1. The van der Waals surface area contributed by atoms with E-state index < -0.39 is 0 Å². The van der Waals surface area contributed by atoms with Crippen LogP contribution in [-0.2, 0) is 4.79 Å². The molecule has 2 unspecified atom stereocenters. The summed E-state index contributed by atoms with van der Waals surface area (Å²) in [5, 5.41) is 0. The van der Waals surface area contributed by atoms with E-state index in [1.54, 1.807) is 0 Å². The number of nitrogens with two attached hydrogens (primary N) is 1. The Kier molecular flexibility index (Phi) is 6.91. The van der Waals surface area contributed by atoms with Crippen molar-refractivity contribution in [2.24, 2.45) is 11.1 Å². The van der Waals surface area contributed by atoms with Crippen molar-refractivity contribution < 1.29 is 4.79 Å². The summed E-state index contributed by atoms with van der Waals surface area (Å²) in [6.07, 6.45) is 12.8. The van der Waals surface area contributed by atoms with E-state index >= 15 is 0 Å². The lowest BCUT2D eigenvalue weighted by atomic mass is 9.79. The van der Waals surface area contributed by atoms with Gasteiger partial charge < -0.3 is 5.73 Å². The van der Waals surface area contributed by atoms with Crippen molar-refractivity contribution in [2.75, 3.05) is 0 Å². The van der Waals surface area contributed by atoms with Gasteiger partial charge in [-0.25, -0.2) is 0 Å². The molecular formula is C16H31NO. The molecule has 1 fully saturated rings. The van der Waals surface area contributed by atoms with E-state index in [1.807, 2.05) is 0 Å². The fourth-order valence-electron chi connectivity index (χ4n) is 3.07. The summed E-state index contributed by atoms with van der Waals surface area (Å²) in [5.74, 6) is 0.418. The number of Topliss-reactive ketones (excluding diaryl/α,β-unsaturated/α-hetero) is 1. The number of ketones is 1. The first-order valence-corrected chi connectivity index (χ1v) is 7.90. The molecule has 0 bridgehead atoms. The maximum absolute atomic E-state index is 12.2. The van der Waals surface area contributed by atoms with Crippen molar-refractivity contribution in [2.45, 2.75) is 90.5 Å². The van der Waals surface area contributed by atoms with Gasteiger partial charge >= 0.3 is 0 Å². The average molecular weight is 253 g/mol. The third-order valence-corrected chi connectivity index (χ3v) is 4.67. The second-order valence-corrected chi connectivity index (χ2v) is 6.21. The highest BCUT2D eigenvalue weighted by Gasteiger charge is 2.41. The predicted molar refractivity (Wildman–Crippen MR) is 77.6 cm³/mol. The molecule has 0 radical (unpaired) electrons. The second kappa shape index (κ2) is 7.93. The normalized spacial score (nSPS) is 27.6. The van der Waals surface area contributed by atoms with Gasteiger partial charge in [0.25, 0.3) is 0 Å². The zero-order valence-electron chi connectivity index (χ0n) is 12.3. The Hall–Kier alpha value is -0.370. The molecular weight excluding hydrogens is 222 g/mol. The van der Waals surface area contributed by atoms with Crippen LogP contribution in [0.3, 0.4) is 0 Å². The minimum Gasteiger partial charge on any atom is -0.327 e. The summed E-state index contributed by atoms with van der Waals surface area (Å²) in [4.78, 5) is 12.2. The maximum atomic E-state index is 12.2. The molecule has 1 aliphatic rings. The van der Waals surface area contributed by atoms with Crippen LogP contribution in [0.2, 0.25) is 0 Å². The molecule has 2 heteroatoms. The number of carbonyl (C=O) groups excluding carboxylic acids is 1. The van der Waals surface area contributed by atoms with Gasteiger partial charge in [0.2, 0.25) is 0 Å². The van der Waals surface area contributed by atoms with Crippen LogP contribution >= 0.6 is 0 Å². The smallest absolute Gasteiger partial charge is 0.140 e. The van der Waals surface area contributed by atoms with Gasteiger partial charge in [0.05, 0.1) is 0 Å². The standard InChI is InChI=1S/C16H31NO/c1-3-4-5-6-7-8-9-12-15(18)16(2)13-10-11-14(16)17/h14H,3-13,17H2,1-2H3. The topological polar surface area (TPSA) is 43.1 Å². The number of rotatable bonds is 9. The first-order valence-electron chi connectivity index (χ1n) is 7.90. The second-order valence-electron chi connectivity index (χ2n) is 6.21. The molecule has 0 heterocycles. The number of hydrogen-bond acceptors (Lipinski definition) is 2. The number of unbranched alkanes of at least 4 members (excludes halogenated alkanes) is 6. The van der Waals surface area contributed by atoms with Crippen LogP contribution < -0.4 is 5.73 Å². The summed E-state index contributed by atoms with van der Waals surface area (Å²) >= 11 is 0. The van der Waals surface area contributed by atoms with Gasteiger partial charge in [0.1, 0.15) is 5.78 Å². The Bertz CT molecular complexity index is 251. The highest BCUT2D eigenvalue weighted by molar-refractivity contribution is 5.85. The Balaban J connectivity index is 2.10. The zero-order valence-corrected chi connectivity index (χ0v) is 12.3. The molecule has 18 heavy (non-hydrogen) atoms. The van der Waals surface area contributed by atoms with Crippen LogP contribution in [0.4, 0.5) is 0 Å². The van der Waals surface area contributed by atoms with Crippen LogP contribution in [0.15, 0.2) is 0 Å². The summed E-state index contributed by atoms with van der Waals surface area (Å²) < 4.78 is 0. The summed E-state index contributed by atoms with van der Waals surface area (Å²) in [5.41, 5.74) is 5.87. The summed E-state index contributed by atoms with van der Waals surface area (Å²) in [6, 6.07) is 0.106. The summed E-state index contributed by atoms with van der Waals surface area (Å²) in [6.45, 7) is 4.32. The SMILES string of the molecule is CCCCCCCCCC(=O)C1(C)CCCC1N. The van der Waals surface area contributed by atoms with E-state index in [4.69, 9.17) is 5.73 Å². The van der Waals surface area contributed by atoms with Crippen molar-refractivity contribution in [1.82, 2.24) is 0 Å². The van der Waals surface area contributed by atoms with E-state index in [0.29, 0.717) is 5.78 Å². The zero-order chi connectivity index (χ0) is 13.4. The lowest BCUT2D eigenvalue weighted by Crippen LogP contribution is -2.41. The van der Waals surface area contributed by atoms with E-state index in [2.05, 4.69) is 13.8 Å². The molecule has 2 N–H and O–H groups in total. The molecule has 2 nitrogen and oxygen atoms in total. The van der Waals surface area contributed by atoms with E-state index in [1.165, 1.54) is 38.5 Å². The van der Waals surface area contributed by atoms with Gasteiger partial charge in [-0.3, -0.25) is 4.79 Å². The van der Waals surface area contributed by atoms with Gasteiger partial charge in [-0.1, -0.05) is 58.8 Å². The van der Waals surface area contributed by atoms with E-state index in [-0.39, 0.29) is 11.5 Å². The molecule has 1 aliphatic carbocycles. The summed E-state index contributed by atoms with van der Waals surface area (Å²) in [7, 11) is 0. The molecule has 0 aromatic heterocycles. The largest absolute Gasteiger partial charge is 0.327 e. The van der Waals surface area contributed by atoms with Crippen molar-refractivity contribution >= 4 is 5.78 Å². The molecule has 2 atom stereocenters. The van der Waals surface area contributed by atoms with Crippen LogP contribution in [0, 0.1) is 5.41 Å². The van der Waals surface area contributed by atoms with Gasteiger partial charge in [-0.15, -0.1) is 0 Å². The van der Waals surface area contributed by atoms with Gasteiger partial charge in [0, 0.05) is 17.9 Å². The predicted octanol–water partition coefficient (Wildman–Crippen LogP) is 4.21. The van der Waals surface area contributed by atoms with Gasteiger partial charge in [-0.05, 0) is 19.3 Å². The quantitative estimate of drug-likeness (QED) is 0.625. The van der Waals surface area contributed by atoms with Crippen LogP contribution in [0.5, 0.6) is 0 Å². The molecule has 1 rings (SSSR count). The van der Waals surface area contributed by atoms with Gasteiger partial charge in [-0.2, -0.15) is 0 Å². The Morgan fingerprint density at radius 2 is 1.78 bits per heavy atom. The monoisotopic (exact) mass is 253 g/mol. The minimum absolute atomic E-state index is 0.106. The Morgan fingerprint density at radius 3 is 2.33 bits per heavy atom. The molecule has 0 spiro atoms. The Labute approximate surface area is 113 Å². The van der Waals surface area contributed by atoms with Crippen molar-refractivity contribution in [3.63, 3.8) is 0 Å². The van der Waals surface area contributed by atoms with Crippen molar-refractivity contribution in [1.29, 1.82) is 0 Å². The third kappa shape index (κ3) is 4.38. The molecule has 0 aromatic rings. The average Bonchev–Trinajstić information content (AvgIpc) is 2.69. The minimum atomic E-state index is -0.206. The van der Waals surface area contributed by atoms with E-state index in [9.17, 15) is 4.79 Å². The lowest BCUT2D eigenvalue weighted by Gasteiger charge is -2.27. The highest BCUT2D eigenvalue weighted by Crippen LogP contribution is 2.38. The molecule has 0 amide bonds. The highest BCUT2D eigenvalue weighted by atomic mass is 16.1. The molecule has 1 saturated carbocycles. The van der Waals surface area contributed by atoms with Crippen LogP contribution in [0.1, 0.15) is 84.5 Å². The van der Waals surface area contributed by atoms with Gasteiger partial charge in [0.15, 0.2) is 0 Å². The lowest BCUT2D eigenvalue weighted by molar-refractivity contribution is -0.128. The fourth-order valence-corrected chi connectivity index (χ4v) is 3.07. The first-order chi connectivity index (χ1) is 8.61. The number of carbonyl (C=O) groups is 1. The molecule has 0 aliphatic heterocycles. The molecule has 0 aromatic carbocycles. The maximum Gasteiger partial charge on any atom is 0.140 e. The molecule has 0 saturated heterocycles. The Morgan fingerprint density at radius 1 is 1.17 bits per heavy atom. The van der Waals surface area contributed by atoms with Crippen LogP contribution in [0.25, 0.3) is 0 Å². The van der Waals surface area contributed by atoms with E-state index in [0.717, 1.165) is 32.1 Å². The van der Waals surface area contributed by atoms with Crippen LogP contribution in [-0.4, -0.2) is 11.8 Å². The van der Waals surface area contributed by atoms with Crippen molar-refractivity contribution in [3.8, 4) is 0 Å². The fraction of sp³-hybridized carbons (Fsp3) is 0.938. The third-order valence-electron chi connectivity index (χ3n) is 4.67.